The molecule has 1 aromatic carbocycles. The molecule has 16 heavy (non-hydrogen) atoms. The number of nitrogens with zero attached hydrogens (tertiary/aromatic N) is 2. The summed E-state index contributed by atoms with van der Waals surface area (Å²) in [6, 6.07) is 6.44. The molecule has 0 aliphatic carbocycles. The Morgan fingerprint density at radius 1 is 1.56 bits per heavy atom. The summed E-state index contributed by atoms with van der Waals surface area (Å²) in [5.74, 6) is -0.403. The largest absolute Gasteiger partial charge is 0.391 e. The molecular weight excluding hydrogens is 207 g/mol. The predicted molar refractivity (Wildman–Crippen MR) is 58.5 cm³/mol. The molecule has 0 aromatic heterocycles. The predicted octanol–water partition coefficient (Wildman–Crippen LogP) is 1.66. The Balaban J connectivity index is 2.31. The first-order valence-corrected chi connectivity index (χ1v) is 5.26. The molecule has 0 spiro atoms. The number of aliphatic hydroxyl groups is 1. The average molecular weight is 220 g/mol. The second-order valence-electron chi connectivity index (χ2n) is 4.17. The standard InChI is InChI=1S/C12H13FN2O/c1-8-4-10(16)7-15(8)12-3-2-9(6-14)5-11(12)13/h2-3,5,8,10,16H,4,7H2,1H3/t8-,10-/m1/s1. The van der Waals surface area contributed by atoms with Gasteiger partial charge in [0.1, 0.15) is 5.82 Å². The van der Waals surface area contributed by atoms with Gasteiger partial charge in [0.2, 0.25) is 0 Å². The molecule has 1 aromatic rings. The molecule has 4 heteroatoms. The molecule has 0 amide bonds. The van der Waals surface area contributed by atoms with E-state index in [1.165, 1.54) is 6.07 Å². The normalized spacial score (nSPS) is 24.5. The topological polar surface area (TPSA) is 47.3 Å². The minimum absolute atomic E-state index is 0.123. The maximum absolute atomic E-state index is 13.7. The highest BCUT2D eigenvalue weighted by molar-refractivity contribution is 5.52. The molecule has 1 aliphatic rings. The second kappa shape index (κ2) is 4.11. The van der Waals surface area contributed by atoms with Gasteiger partial charge in [0.15, 0.2) is 0 Å². The highest BCUT2D eigenvalue weighted by Crippen LogP contribution is 2.28. The van der Waals surface area contributed by atoms with Gasteiger partial charge in [-0.05, 0) is 31.5 Å². The lowest BCUT2D eigenvalue weighted by Gasteiger charge is -2.23. The maximum Gasteiger partial charge on any atom is 0.147 e. The summed E-state index contributed by atoms with van der Waals surface area (Å²) in [6.07, 6.45) is 0.254. The van der Waals surface area contributed by atoms with E-state index in [1.54, 1.807) is 12.1 Å². The molecule has 1 saturated heterocycles. The van der Waals surface area contributed by atoms with Gasteiger partial charge in [-0.1, -0.05) is 0 Å². The van der Waals surface area contributed by atoms with Crippen LogP contribution in [0, 0.1) is 17.1 Å². The van der Waals surface area contributed by atoms with Crippen LogP contribution in [0.2, 0.25) is 0 Å². The number of rotatable bonds is 1. The van der Waals surface area contributed by atoms with E-state index in [1.807, 2.05) is 17.9 Å². The quantitative estimate of drug-likeness (QED) is 0.783. The first-order chi connectivity index (χ1) is 7.61. The van der Waals surface area contributed by atoms with E-state index >= 15 is 0 Å². The van der Waals surface area contributed by atoms with Crippen LogP contribution in [0.3, 0.4) is 0 Å². The van der Waals surface area contributed by atoms with Crippen molar-refractivity contribution in [1.29, 1.82) is 5.26 Å². The fraction of sp³-hybridized carbons (Fsp3) is 0.417. The summed E-state index contributed by atoms with van der Waals surface area (Å²) in [6.45, 7) is 2.40. The third-order valence-corrected chi connectivity index (χ3v) is 2.94. The first-order valence-electron chi connectivity index (χ1n) is 5.26. The minimum atomic E-state index is -0.403. The summed E-state index contributed by atoms with van der Waals surface area (Å²) in [7, 11) is 0. The minimum Gasteiger partial charge on any atom is -0.391 e. The molecule has 1 N–H and O–H groups in total. The van der Waals surface area contributed by atoms with Crippen molar-refractivity contribution in [2.24, 2.45) is 0 Å². The molecule has 0 radical (unpaired) electrons. The van der Waals surface area contributed by atoms with Crippen molar-refractivity contribution < 1.29 is 9.50 Å². The average Bonchev–Trinajstić information content (AvgIpc) is 2.57. The zero-order valence-electron chi connectivity index (χ0n) is 9.02. The lowest BCUT2D eigenvalue weighted by molar-refractivity contribution is 0.195. The third kappa shape index (κ3) is 1.86. The van der Waals surface area contributed by atoms with Gasteiger partial charge in [-0.3, -0.25) is 0 Å². The molecule has 2 rings (SSSR count). The Hall–Kier alpha value is -1.60. The van der Waals surface area contributed by atoms with Gasteiger partial charge in [0, 0.05) is 12.6 Å². The van der Waals surface area contributed by atoms with Crippen molar-refractivity contribution in [2.45, 2.75) is 25.5 Å². The van der Waals surface area contributed by atoms with Crippen LogP contribution in [0.5, 0.6) is 0 Å². The van der Waals surface area contributed by atoms with Crippen LogP contribution in [0.1, 0.15) is 18.9 Å². The Labute approximate surface area is 93.7 Å². The number of hydrogen-bond acceptors (Lipinski definition) is 3. The van der Waals surface area contributed by atoms with Crippen LogP contribution < -0.4 is 4.90 Å². The fourth-order valence-corrected chi connectivity index (χ4v) is 2.15. The Bertz CT molecular complexity index is 441. The van der Waals surface area contributed by atoms with Gasteiger partial charge < -0.3 is 10.0 Å². The van der Waals surface area contributed by atoms with Crippen molar-refractivity contribution in [3.63, 3.8) is 0 Å². The third-order valence-electron chi connectivity index (χ3n) is 2.94. The van der Waals surface area contributed by atoms with Gasteiger partial charge in [-0.15, -0.1) is 0 Å². The fourth-order valence-electron chi connectivity index (χ4n) is 2.15. The lowest BCUT2D eigenvalue weighted by Crippen LogP contribution is -2.28. The van der Waals surface area contributed by atoms with Crippen LogP contribution >= 0.6 is 0 Å². The molecule has 84 valence electrons. The number of nitriles is 1. The van der Waals surface area contributed by atoms with Crippen LogP contribution in [0.25, 0.3) is 0 Å². The summed E-state index contributed by atoms with van der Waals surface area (Å²) in [4.78, 5) is 1.83. The molecule has 1 fully saturated rings. The van der Waals surface area contributed by atoms with Crippen LogP contribution in [0.15, 0.2) is 18.2 Å². The molecule has 1 heterocycles. The van der Waals surface area contributed by atoms with Gasteiger partial charge in [-0.2, -0.15) is 5.26 Å². The zero-order valence-corrected chi connectivity index (χ0v) is 9.02. The van der Waals surface area contributed by atoms with Crippen molar-refractivity contribution in [1.82, 2.24) is 0 Å². The van der Waals surface area contributed by atoms with Crippen molar-refractivity contribution in [2.75, 3.05) is 11.4 Å². The highest BCUT2D eigenvalue weighted by atomic mass is 19.1. The van der Waals surface area contributed by atoms with E-state index in [0.717, 1.165) is 0 Å². The smallest absolute Gasteiger partial charge is 0.147 e. The van der Waals surface area contributed by atoms with Gasteiger partial charge in [-0.25, -0.2) is 4.39 Å². The molecule has 1 aliphatic heterocycles. The lowest BCUT2D eigenvalue weighted by atomic mass is 10.2. The van der Waals surface area contributed by atoms with Crippen LogP contribution in [-0.4, -0.2) is 23.8 Å². The summed E-state index contributed by atoms with van der Waals surface area (Å²) < 4.78 is 13.7. The summed E-state index contributed by atoms with van der Waals surface area (Å²) in [5.41, 5.74) is 0.775. The summed E-state index contributed by atoms with van der Waals surface area (Å²) >= 11 is 0. The van der Waals surface area contributed by atoms with Crippen molar-refractivity contribution >= 4 is 5.69 Å². The molecule has 0 unspecified atom stereocenters. The number of β-amino-alcohol motifs (C(OH)–C–C–N with tert-alkyl or cyclic N) is 1. The number of anilines is 1. The Morgan fingerprint density at radius 3 is 2.81 bits per heavy atom. The van der Waals surface area contributed by atoms with E-state index in [4.69, 9.17) is 5.26 Å². The summed E-state index contributed by atoms with van der Waals surface area (Å²) in [5, 5.41) is 18.1. The number of aliphatic hydroxyl groups excluding tert-OH is 1. The molecule has 2 atom stereocenters. The van der Waals surface area contributed by atoms with Crippen LogP contribution in [0.4, 0.5) is 10.1 Å². The van der Waals surface area contributed by atoms with Gasteiger partial charge >= 0.3 is 0 Å². The molecule has 0 bridgehead atoms. The monoisotopic (exact) mass is 220 g/mol. The van der Waals surface area contributed by atoms with Crippen molar-refractivity contribution in [3.05, 3.63) is 29.6 Å². The number of hydrogen-bond donors (Lipinski definition) is 1. The van der Waals surface area contributed by atoms with E-state index in [-0.39, 0.29) is 6.04 Å². The SMILES string of the molecule is C[C@@H]1C[C@@H](O)CN1c1ccc(C#N)cc1F. The van der Waals surface area contributed by atoms with Gasteiger partial charge in [0.05, 0.1) is 23.4 Å². The molecule has 3 nitrogen and oxygen atoms in total. The molecule has 0 saturated carbocycles. The molecular formula is C12H13FN2O. The van der Waals surface area contributed by atoms with E-state index < -0.39 is 11.9 Å². The number of benzene rings is 1. The number of halogens is 1. The maximum atomic E-state index is 13.7. The van der Waals surface area contributed by atoms with E-state index in [9.17, 15) is 9.50 Å². The van der Waals surface area contributed by atoms with E-state index in [2.05, 4.69) is 0 Å². The second-order valence-corrected chi connectivity index (χ2v) is 4.17. The van der Waals surface area contributed by atoms with E-state index in [0.29, 0.717) is 24.2 Å². The Morgan fingerprint density at radius 2 is 2.31 bits per heavy atom. The zero-order chi connectivity index (χ0) is 11.7. The van der Waals surface area contributed by atoms with Crippen LogP contribution in [-0.2, 0) is 0 Å². The van der Waals surface area contributed by atoms with Gasteiger partial charge in [0.25, 0.3) is 0 Å². The first kappa shape index (κ1) is 10.9. The Kier molecular flexibility index (Phi) is 2.80. The highest BCUT2D eigenvalue weighted by Gasteiger charge is 2.29. The van der Waals surface area contributed by atoms with Crippen molar-refractivity contribution in [3.8, 4) is 6.07 Å².